The van der Waals surface area contributed by atoms with Crippen LogP contribution in [-0.2, 0) is 16.1 Å². The van der Waals surface area contributed by atoms with Crippen LogP contribution >= 0.6 is 0 Å². The molecule has 0 radical (unpaired) electrons. The Balaban J connectivity index is 1.79. The average molecular weight is 265 g/mol. The van der Waals surface area contributed by atoms with Gasteiger partial charge in [-0.1, -0.05) is 60.7 Å². The molecule has 1 aliphatic rings. The molecule has 0 aliphatic carbocycles. The molecule has 2 aromatic rings. The van der Waals surface area contributed by atoms with Crippen molar-refractivity contribution in [3.63, 3.8) is 0 Å². The van der Waals surface area contributed by atoms with Crippen molar-refractivity contribution < 1.29 is 9.59 Å². The molecule has 1 amide bonds. The predicted octanol–water partition coefficient (Wildman–Crippen LogP) is 2.38. The Hall–Kier alpha value is -2.42. The van der Waals surface area contributed by atoms with Crippen LogP contribution in [0.15, 0.2) is 60.7 Å². The maximum atomic E-state index is 12.1. The van der Waals surface area contributed by atoms with Crippen LogP contribution in [0.1, 0.15) is 17.0 Å². The number of Topliss-reactive ketones (excluding diaryl/α,β-unsaturated/α-hetero) is 1. The van der Waals surface area contributed by atoms with E-state index in [0.717, 1.165) is 11.1 Å². The predicted molar refractivity (Wildman–Crippen MR) is 76.0 cm³/mol. The molecule has 1 aliphatic heterocycles. The van der Waals surface area contributed by atoms with E-state index in [9.17, 15) is 9.59 Å². The summed E-state index contributed by atoms with van der Waals surface area (Å²) < 4.78 is 0. The third kappa shape index (κ3) is 2.35. The normalized spacial score (nSPS) is 18.6. The Morgan fingerprint density at radius 2 is 1.50 bits per heavy atom. The quantitative estimate of drug-likeness (QED) is 0.799. The fraction of sp³-hybridized carbons (Fsp3) is 0.176. The molecule has 1 unspecified atom stereocenters. The SMILES string of the molecule is O=C1C(=O)N(Cc2ccccc2)CC1c1ccccc1. The fourth-order valence-electron chi connectivity index (χ4n) is 2.57. The van der Waals surface area contributed by atoms with Gasteiger partial charge < -0.3 is 4.90 Å². The first-order valence-corrected chi connectivity index (χ1v) is 6.67. The van der Waals surface area contributed by atoms with E-state index in [1.165, 1.54) is 0 Å². The van der Waals surface area contributed by atoms with E-state index < -0.39 is 0 Å². The van der Waals surface area contributed by atoms with E-state index in [1.54, 1.807) is 4.90 Å². The zero-order valence-corrected chi connectivity index (χ0v) is 11.0. The summed E-state index contributed by atoms with van der Waals surface area (Å²) in [5, 5.41) is 0. The zero-order valence-electron chi connectivity index (χ0n) is 11.0. The number of ketones is 1. The summed E-state index contributed by atoms with van der Waals surface area (Å²) in [6.07, 6.45) is 0. The Labute approximate surface area is 117 Å². The number of amides is 1. The summed E-state index contributed by atoms with van der Waals surface area (Å²) in [6.45, 7) is 0.964. The Morgan fingerprint density at radius 3 is 2.15 bits per heavy atom. The van der Waals surface area contributed by atoms with Crippen LogP contribution in [0.3, 0.4) is 0 Å². The molecular weight excluding hydrogens is 250 g/mol. The first-order valence-electron chi connectivity index (χ1n) is 6.67. The van der Waals surface area contributed by atoms with Crippen LogP contribution < -0.4 is 0 Å². The molecule has 0 spiro atoms. The number of carbonyl (C=O) groups is 2. The minimum Gasteiger partial charge on any atom is -0.331 e. The summed E-state index contributed by atoms with van der Waals surface area (Å²) >= 11 is 0. The number of nitrogens with zero attached hydrogens (tertiary/aromatic N) is 1. The molecule has 3 heteroatoms. The molecule has 1 atom stereocenters. The lowest BCUT2D eigenvalue weighted by molar-refractivity contribution is -0.140. The van der Waals surface area contributed by atoms with Gasteiger partial charge in [-0.3, -0.25) is 9.59 Å². The molecule has 20 heavy (non-hydrogen) atoms. The van der Waals surface area contributed by atoms with Crippen molar-refractivity contribution in [2.24, 2.45) is 0 Å². The zero-order chi connectivity index (χ0) is 13.9. The van der Waals surface area contributed by atoms with E-state index in [4.69, 9.17) is 0 Å². The molecule has 0 aromatic heterocycles. The monoisotopic (exact) mass is 265 g/mol. The van der Waals surface area contributed by atoms with Gasteiger partial charge in [0, 0.05) is 13.1 Å². The van der Waals surface area contributed by atoms with Crippen LogP contribution in [0, 0.1) is 0 Å². The van der Waals surface area contributed by atoms with E-state index in [1.807, 2.05) is 60.7 Å². The van der Waals surface area contributed by atoms with Crippen molar-refractivity contribution in [2.75, 3.05) is 6.54 Å². The largest absolute Gasteiger partial charge is 0.331 e. The van der Waals surface area contributed by atoms with E-state index in [0.29, 0.717) is 13.1 Å². The van der Waals surface area contributed by atoms with Gasteiger partial charge in [-0.2, -0.15) is 0 Å². The number of hydrogen-bond acceptors (Lipinski definition) is 2. The second-order valence-corrected chi connectivity index (χ2v) is 5.00. The molecule has 0 bridgehead atoms. The first kappa shape index (κ1) is 12.6. The highest BCUT2D eigenvalue weighted by Crippen LogP contribution is 2.26. The topological polar surface area (TPSA) is 37.4 Å². The lowest BCUT2D eigenvalue weighted by Gasteiger charge is -2.15. The van der Waals surface area contributed by atoms with Gasteiger partial charge in [0.25, 0.3) is 5.91 Å². The Bertz CT molecular complexity index is 622. The molecule has 0 saturated carbocycles. The van der Waals surface area contributed by atoms with E-state index in [2.05, 4.69) is 0 Å². The summed E-state index contributed by atoms with van der Waals surface area (Å²) in [4.78, 5) is 25.8. The Morgan fingerprint density at radius 1 is 0.900 bits per heavy atom. The third-order valence-corrected chi connectivity index (χ3v) is 3.64. The summed E-state index contributed by atoms with van der Waals surface area (Å²) in [5.74, 6) is -0.998. The van der Waals surface area contributed by atoms with Gasteiger partial charge in [0.15, 0.2) is 0 Å². The van der Waals surface area contributed by atoms with Crippen molar-refractivity contribution in [3.05, 3.63) is 71.8 Å². The summed E-state index contributed by atoms with van der Waals surface area (Å²) in [7, 11) is 0. The minimum absolute atomic E-state index is 0.299. The molecule has 3 nitrogen and oxygen atoms in total. The lowest BCUT2D eigenvalue weighted by atomic mass is 9.97. The van der Waals surface area contributed by atoms with Crippen LogP contribution in [0.2, 0.25) is 0 Å². The highest BCUT2D eigenvalue weighted by Gasteiger charge is 2.39. The fourth-order valence-corrected chi connectivity index (χ4v) is 2.57. The van der Waals surface area contributed by atoms with Crippen LogP contribution in [-0.4, -0.2) is 23.1 Å². The van der Waals surface area contributed by atoms with Gasteiger partial charge in [0.05, 0.1) is 5.92 Å². The Kier molecular flexibility index (Phi) is 3.33. The van der Waals surface area contributed by atoms with Crippen molar-refractivity contribution in [3.8, 4) is 0 Å². The highest BCUT2D eigenvalue weighted by molar-refractivity contribution is 6.40. The second-order valence-electron chi connectivity index (χ2n) is 5.00. The van der Waals surface area contributed by atoms with E-state index >= 15 is 0 Å². The van der Waals surface area contributed by atoms with Crippen LogP contribution in [0.4, 0.5) is 0 Å². The molecule has 2 aromatic carbocycles. The minimum atomic E-state index is -0.372. The molecule has 1 saturated heterocycles. The average Bonchev–Trinajstić information content (AvgIpc) is 2.78. The summed E-state index contributed by atoms with van der Waals surface area (Å²) in [5.41, 5.74) is 1.96. The standard InChI is InChI=1S/C17H15NO2/c19-16-15(14-9-5-2-6-10-14)12-18(17(16)20)11-13-7-3-1-4-8-13/h1-10,15H,11-12H2. The van der Waals surface area contributed by atoms with Crippen molar-refractivity contribution in [1.29, 1.82) is 0 Å². The maximum absolute atomic E-state index is 12.1. The van der Waals surface area contributed by atoms with Crippen molar-refractivity contribution in [2.45, 2.75) is 12.5 Å². The molecule has 100 valence electrons. The molecule has 3 rings (SSSR count). The number of rotatable bonds is 3. The molecular formula is C17H15NO2. The molecule has 1 heterocycles. The summed E-state index contributed by atoms with van der Waals surface area (Å²) in [6, 6.07) is 19.3. The molecule has 1 fully saturated rings. The van der Waals surface area contributed by atoms with Crippen LogP contribution in [0.5, 0.6) is 0 Å². The second kappa shape index (κ2) is 5.29. The van der Waals surface area contributed by atoms with Gasteiger partial charge in [-0.15, -0.1) is 0 Å². The van der Waals surface area contributed by atoms with Crippen molar-refractivity contribution >= 4 is 11.7 Å². The molecule has 0 N–H and O–H groups in total. The maximum Gasteiger partial charge on any atom is 0.291 e. The van der Waals surface area contributed by atoms with E-state index in [-0.39, 0.29) is 17.6 Å². The number of benzene rings is 2. The van der Waals surface area contributed by atoms with Gasteiger partial charge >= 0.3 is 0 Å². The number of likely N-dealkylation sites (tertiary alicyclic amines) is 1. The first-order chi connectivity index (χ1) is 9.75. The van der Waals surface area contributed by atoms with Gasteiger partial charge in [-0.25, -0.2) is 0 Å². The lowest BCUT2D eigenvalue weighted by Crippen LogP contribution is -2.26. The number of hydrogen-bond donors (Lipinski definition) is 0. The van der Waals surface area contributed by atoms with Gasteiger partial charge in [-0.05, 0) is 11.1 Å². The van der Waals surface area contributed by atoms with Crippen molar-refractivity contribution in [1.82, 2.24) is 4.90 Å². The van der Waals surface area contributed by atoms with Gasteiger partial charge in [0.2, 0.25) is 5.78 Å². The smallest absolute Gasteiger partial charge is 0.291 e. The van der Waals surface area contributed by atoms with Gasteiger partial charge in [0.1, 0.15) is 0 Å². The number of carbonyl (C=O) groups excluding carboxylic acids is 2. The highest BCUT2D eigenvalue weighted by atomic mass is 16.2. The van der Waals surface area contributed by atoms with Crippen LogP contribution in [0.25, 0.3) is 0 Å². The third-order valence-electron chi connectivity index (χ3n) is 3.64.